The van der Waals surface area contributed by atoms with Crippen LogP contribution in [0.15, 0.2) is 15.4 Å². The van der Waals surface area contributed by atoms with Gasteiger partial charge in [0, 0.05) is 19.6 Å². The Morgan fingerprint density at radius 1 is 1.38 bits per heavy atom. The zero-order valence-electron chi connectivity index (χ0n) is 14.8. The number of carbonyl (C=O) groups excluding carboxylic acids is 2. The molecule has 8 nitrogen and oxygen atoms in total. The predicted octanol–water partition coefficient (Wildman–Crippen LogP) is 1.95. The number of ether oxygens (including phenoxy) is 1. The van der Waals surface area contributed by atoms with Gasteiger partial charge in [-0.3, -0.25) is 4.79 Å². The van der Waals surface area contributed by atoms with E-state index in [1.807, 2.05) is 27.7 Å². The lowest BCUT2D eigenvalue weighted by Gasteiger charge is -2.39. The normalized spacial score (nSPS) is 21.5. The minimum absolute atomic E-state index is 0.243. The van der Waals surface area contributed by atoms with Crippen LogP contribution in [0.2, 0.25) is 0 Å². The maximum atomic E-state index is 12.5. The summed E-state index contributed by atoms with van der Waals surface area (Å²) in [5.41, 5.74) is -1.11. The lowest BCUT2D eigenvalue weighted by Crippen LogP contribution is -2.51. The summed E-state index contributed by atoms with van der Waals surface area (Å²) in [5, 5.41) is 2.69. The van der Waals surface area contributed by atoms with E-state index in [0.29, 0.717) is 25.2 Å². The number of carbonyl (C=O) groups is 2. The smallest absolute Gasteiger partial charge is 0.410 e. The van der Waals surface area contributed by atoms with E-state index in [9.17, 15) is 14.4 Å². The van der Waals surface area contributed by atoms with Gasteiger partial charge in [0.15, 0.2) is 5.82 Å². The molecule has 0 radical (unpaired) electrons. The molecule has 1 aliphatic heterocycles. The van der Waals surface area contributed by atoms with Crippen molar-refractivity contribution >= 4 is 17.8 Å². The first-order valence-electron chi connectivity index (χ1n) is 8.06. The quantitative estimate of drug-likeness (QED) is 0.889. The molecule has 0 bridgehead atoms. The summed E-state index contributed by atoms with van der Waals surface area (Å²) in [4.78, 5) is 37.7. The molecule has 1 aliphatic rings. The molecule has 24 heavy (non-hydrogen) atoms. The topological polar surface area (TPSA) is 93.8 Å². The van der Waals surface area contributed by atoms with Gasteiger partial charge in [-0.25, -0.2) is 9.59 Å². The van der Waals surface area contributed by atoms with Crippen LogP contribution >= 0.6 is 0 Å². The maximum absolute atomic E-state index is 12.5. The highest BCUT2D eigenvalue weighted by Crippen LogP contribution is 2.26. The molecule has 0 spiro atoms. The number of rotatable bonds is 2. The molecule has 0 aliphatic carbocycles. The number of aromatic nitrogens is 1. The number of hydrogen-bond acceptors (Lipinski definition) is 5. The lowest BCUT2D eigenvalue weighted by atomic mass is 9.89. The molecule has 2 amide bonds. The Balaban J connectivity index is 2.07. The summed E-state index contributed by atoms with van der Waals surface area (Å²) in [6.07, 6.45) is 0.965. The largest absolute Gasteiger partial charge is 0.444 e. The lowest BCUT2D eigenvalue weighted by molar-refractivity contribution is -0.123. The van der Waals surface area contributed by atoms with Crippen LogP contribution in [-0.2, 0) is 16.6 Å². The van der Waals surface area contributed by atoms with Gasteiger partial charge in [-0.15, -0.1) is 0 Å². The minimum Gasteiger partial charge on any atom is -0.444 e. The van der Waals surface area contributed by atoms with Gasteiger partial charge in [-0.05, 0) is 40.5 Å². The van der Waals surface area contributed by atoms with Gasteiger partial charge < -0.3 is 19.5 Å². The number of anilines is 1. The second kappa shape index (κ2) is 6.70. The summed E-state index contributed by atoms with van der Waals surface area (Å²) in [7, 11) is 1.54. The molecule has 8 heteroatoms. The first kappa shape index (κ1) is 18.1. The summed E-state index contributed by atoms with van der Waals surface area (Å²) >= 11 is 0. The number of nitrogens with one attached hydrogen (secondary N) is 1. The van der Waals surface area contributed by atoms with E-state index in [0.717, 1.165) is 0 Å². The van der Waals surface area contributed by atoms with Gasteiger partial charge in [-0.1, -0.05) is 0 Å². The van der Waals surface area contributed by atoms with Crippen LogP contribution in [-0.4, -0.2) is 39.8 Å². The van der Waals surface area contributed by atoms with Crippen molar-refractivity contribution in [3.8, 4) is 0 Å². The summed E-state index contributed by atoms with van der Waals surface area (Å²) in [6, 6.07) is 0.925. The standard InChI is InChI=1S/C16H25N3O5/c1-10-11(14(21)17-12-9-13(20)24-18(12)5)7-6-8-19(10)15(22)23-16(2,3)4/h9-11H,6-8H2,1-5H3,(H,17,21)/t10-,11-/m1/s1. The average molecular weight is 339 g/mol. The van der Waals surface area contributed by atoms with E-state index >= 15 is 0 Å². The zero-order valence-corrected chi connectivity index (χ0v) is 14.8. The molecular formula is C16H25N3O5. The Bertz CT molecular complexity index is 670. The van der Waals surface area contributed by atoms with Gasteiger partial charge in [0.05, 0.1) is 12.0 Å². The van der Waals surface area contributed by atoms with E-state index < -0.39 is 17.3 Å². The zero-order chi connectivity index (χ0) is 18.1. The van der Waals surface area contributed by atoms with Gasteiger partial charge in [0.2, 0.25) is 5.91 Å². The van der Waals surface area contributed by atoms with Crippen LogP contribution in [0.4, 0.5) is 10.6 Å². The van der Waals surface area contributed by atoms with E-state index in [-0.39, 0.29) is 17.9 Å². The van der Waals surface area contributed by atoms with Crippen LogP contribution in [0.1, 0.15) is 40.5 Å². The van der Waals surface area contributed by atoms with Crippen molar-refractivity contribution in [1.29, 1.82) is 0 Å². The number of amides is 2. The third-order valence-electron chi connectivity index (χ3n) is 4.02. The molecule has 1 aromatic rings. The minimum atomic E-state index is -0.582. The maximum Gasteiger partial charge on any atom is 0.410 e. The molecule has 1 saturated heterocycles. The van der Waals surface area contributed by atoms with Crippen molar-refractivity contribution in [1.82, 2.24) is 9.64 Å². The molecule has 2 atom stereocenters. The molecule has 0 aromatic carbocycles. The fourth-order valence-corrected chi connectivity index (χ4v) is 2.82. The van der Waals surface area contributed by atoms with Crippen molar-refractivity contribution < 1.29 is 18.8 Å². The SMILES string of the molecule is C[C@@H]1[C@H](C(=O)Nc2cc(=O)on2C)CCCN1C(=O)OC(C)(C)C. The van der Waals surface area contributed by atoms with E-state index in [1.165, 1.54) is 17.9 Å². The molecule has 2 rings (SSSR count). The predicted molar refractivity (Wildman–Crippen MR) is 87.7 cm³/mol. The highest BCUT2D eigenvalue weighted by atomic mass is 16.6. The van der Waals surface area contributed by atoms with Crippen molar-refractivity contribution in [2.45, 2.75) is 52.2 Å². The molecular weight excluding hydrogens is 314 g/mol. The van der Waals surface area contributed by atoms with E-state index in [2.05, 4.69) is 5.32 Å². The molecule has 1 N–H and O–H groups in total. The summed E-state index contributed by atoms with van der Waals surface area (Å²) < 4.78 is 11.4. The molecule has 134 valence electrons. The van der Waals surface area contributed by atoms with Crippen LogP contribution in [0.3, 0.4) is 0 Å². The van der Waals surface area contributed by atoms with Crippen molar-refractivity contribution in [2.75, 3.05) is 11.9 Å². The molecule has 2 heterocycles. The van der Waals surface area contributed by atoms with Crippen LogP contribution in [0.5, 0.6) is 0 Å². The Hall–Kier alpha value is -2.25. The fourth-order valence-electron chi connectivity index (χ4n) is 2.82. The summed E-state index contributed by atoms with van der Waals surface area (Å²) in [5.74, 6) is -0.324. The number of nitrogens with zero attached hydrogens (tertiary/aromatic N) is 2. The first-order chi connectivity index (χ1) is 11.1. The second-order valence-corrected chi connectivity index (χ2v) is 7.09. The van der Waals surface area contributed by atoms with Crippen LogP contribution in [0, 0.1) is 5.92 Å². The second-order valence-electron chi connectivity index (χ2n) is 7.09. The first-order valence-corrected chi connectivity index (χ1v) is 8.06. The van der Waals surface area contributed by atoms with E-state index in [1.54, 1.807) is 4.90 Å². The number of aryl methyl sites for hydroxylation is 1. The fraction of sp³-hybridized carbons (Fsp3) is 0.688. The Morgan fingerprint density at radius 2 is 2.04 bits per heavy atom. The molecule has 0 unspecified atom stereocenters. The average Bonchev–Trinajstić information content (AvgIpc) is 2.74. The molecule has 1 fully saturated rings. The summed E-state index contributed by atoms with van der Waals surface area (Å²) in [6.45, 7) is 7.82. The van der Waals surface area contributed by atoms with Gasteiger partial charge in [0.1, 0.15) is 5.60 Å². The Morgan fingerprint density at radius 3 is 2.58 bits per heavy atom. The van der Waals surface area contributed by atoms with Crippen molar-refractivity contribution in [3.63, 3.8) is 0 Å². The van der Waals surface area contributed by atoms with E-state index in [4.69, 9.17) is 9.26 Å². The third-order valence-corrected chi connectivity index (χ3v) is 4.02. The monoisotopic (exact) mass is 339 g/mol. The van der Waals surface area contributed by atoms with Crippen LogP contribution < -0.4 is 10.9 Å². The van der Waals surface area contributed by atoms with Gasteiger partial charge in [0.25, 0.3) is 0 Å². The molecule has 0 saturated carbocycles. The Labute approximate surface area is 140 Å². The molecule has 1 aromatic heterocycles. The number of hydrogen-bond donors (Lipinski definition) is 1. The third kappa shape index (κ3) is 4.18. The highest BCUT2D eigenvalue weighted by Gasteiger charge is 2.37. The van der Waals surface area contributed by atoms with Crippen molar-refractivity contribution in [2.24, 2.45) is 13.0 Å². The highest BCUT2D eigenvalue weighted by molar-refractivity contribution is 5.92. The number of likely N-dealkylation sites (tertiary alicyclic amines) is 1. The van der Waals surface area contributed by atoms with Crippen LogP contribution in [0.25, 0.3) is 0 Å². The van der Waals surface area contributed by atoms with Gasteiger partial charge >= 0.3 is 11.7 Å². The Kier molecular flexibility index (Phi) is 5.05. The number of piperidine rings is 1. The van der Waals surface area contributed by atoms with Crippen molar-refractivity contribution in [3.05, 3.63) is 16.5 Å². The van der Waals surface area contributed by atoms with Gasteiger partial charge in [-0.2, -0.15) is 4.74 Å².